The van der Waals surface area contributed by atoms with Gasteiger partial charge in [-0.2, -0.15) is 0 Å². The fraction of sp³-hybridized carbons (Fsp3) is 1.00. The lowest BCUT2D eigenvalue weighted by Gasteiger charge is -2.12. The van der Waals surface area contributed by atoms with Crippen LogP contribution in [0.5, 0.6) is 0 Å². The molecule has 18 heavy (non-hydrogen) atoms. The molecule has 1 aliphatic rings. The fourth-order valence-corrected chi connectivity index (χ4v) is 3.15. The van der Waals surface area contributed by atoms with E-state index in [0.29, 0.717) is 0 Å². The minimum Gasteiger partial charge on any atom is -0.311 e. The maximum Gasteiger partial charge on any atom is 0.00702 e. The van der Waals surface area contributed by atoms with Crippen LogP contribution in [0.4, 0.5) is 0 Å². The van der Waals surface area contributed by atoms with E-state index in [1.165, 1.54) is 83.5 Å². The number of hydrogen-bond acceptors (Lipinski definition) is 1. The van der Waals surface area contributed by atoms with Gasteiger partial charge in [-0.15, -0.1) is 0 Å². The zero-order valence-electron chi connectivity index (χ0n) is 12.8. The first-order valence-electron chi connectivity index (χ1n) is 8.62. The van der Waals surface area contributed by atoms with Crippen LogP contribution in [0.2, 0.25) is 0 Å². The van der Waals surface area contributed by atoms with Gasteiger partial charge in [0.2, 0.25) is 0 Å². The van der Waals surface area contributed by atoms with Gasteiger partial charge in [0.15, 0.2) is 0 Å². The molecule has 1 fully saturated rings. The Hall–Kier alpha value is -0.0400. The summed E-state index contributed by atoms with van der Waals surface area (Å²) in [5.41, 5.74) is 0. The maximum absolute atomic E-state index is 3.77. The van der Waals surface area contributed by atoms with Gasteiger partial charge in [0, 0.05) is 12.1 Å². The van der Waals surface area contributed by atoms with E-state index in [1.54, 1.807) is 0 Å². The largest absolute Gasteiger partial charge is 0.311 e. The van der Waals surface area contributed by atoms with Gasteiger partial charge in [0.1, 0.15) is 0 Å². The monoisotopic (exact) mass is 253 g/mol. The van der Waals surface area contributed by atoms with Gasteiger partial charge in [-0.05, 0) is 25.7 Å². The van der Waals surface area contributed by atoms with Gasteiger partial charge in [0.05, 0.1) is 0 Å². The highest BCUT2D eigenvalue weighted by Gasteiger charge is 2.21. The molecule has 0 bridgehead atoms. The van der Waals surface area contributed by atoms with Crippen molar-refractivity contribution in [3.05, 3.63) is 0 Å². The molecule has 1 heterocycles. The van der Waals surface area contributed by atoms with Gasteiger partial charge in [-0.1, -0.05) is 71.6 Å². The molecule has 108 valence electrons. The van der Waals surface area contributed by atoms with E-state index in [4.69, 9.17) is 0 Å². The summed E-state index contributed by atoms with van der Waals surface area (Å²) in [5, 5.41) is 3.77. The molecule has 1 heteroatoms. The number of rotatable bonds is 11. The second kappa shape index (κ2) is 10.8. The first-order valence-corrected chi connectivity index (χ1v) is 8.62. The van der Waals surface area contributed by atoms with Crippen molar-refractivity contribution in [2.24, 2.45) is 0 Å². The molecule has 0 spiro atoms. The summed E-state index contributed by atoms with van der Waals surface area (Å²) in [6, 6.07) is 1.67. The van der Waals surface area contributed by atoms with Crippen molar-refractivity contribution in [3.63, 3.8) is 0 Å². The van der Waals surface area contributed by atoms with Crippen LogP contribution in [-0.2, 0) is 0 Å². The summed E-state index contributed by atoms with van der Waals surface area (Å²) in [4.78, 5) is 0. The Balaban J connectivity index is 1.79. The van der Waals surface area contributed by atoms with Gasteiger partial charge in [-0.25, -0.2) is 0 Å². The molecule has 1 N–H and O–H groups in total. The van der Waals surface area contributed by atoms with Crippen LogP contribution < -0.4 is 5.32 Å². The third-order valence-corrected chi connectivity index (χ3v) is 4.48. The molecule has 0 saturated carbocycles. The molecule has 0 aromatic rings. The zero-order valence-corrected chi connectivity index (χ0v) is 12.8. The molecule has 1 nitrogen and oxygen atoms in total. The summed E-state index contributed by atoms with van der Waals surface area (Å²) >= 11 is 0. The Bertz CT molecular complexity index is 178. The Morgan fingerprint density at radius 1 is 0.722 bits per heavy atom. The van der Waals surface area contributed by atoms with Crippen molar-refractivity contribution in [1.29, 1.82) is 0 Å². The average Bonchev–Trinajstić information content (AvgIpc) is 2.85. The minimum atomic E-state index is 0.827. The summed E-state index contributed by atoms with van der Waals surface area (Å²) in [7, 11) is 0. The molecule has 1 aliphatic heterocycles. The first kappa shape index (κ1) is 16.0. The molecule has 1 rings (SSSR count). The van der Waals surface area contributed by atoms with Crippen molar-refractivity contribution in [3.8, 4) is 0 Å². The lowest BCUT2D eigenvalue weighted by atomic mass is 10.0. The molecule has 2 unspecified atom stereocenters. The van der Waals surface area contributed by atoms with Crippen LogP contribution in [0.3, 0.4) is 0 Å². The van der Waals surface area contributed by atoms with Gasteiger partial charge >= 0.3 is 0 Å². The average molecular weight is 253 g/mol. The number of nitrogens with one attached hydrogen (secondary N) is 1. The zero-order chi connectivity index (χ0) is 13.1. The SMILES string of the molecule is CCCCCCCCCCCC1CCC(CC)N1. The summed E-state index contributed by atoms with van der Waals surface area (Å²) in [5.74, 6) is 0. The van der Waals surface area contributed by atoms with E-state index in [1.807, 2.05) is 0 Å². The predicted octanol–water partition coefficient (Wildman–Crippen LogP) is 5.44. The van der Waals surface area contributed by atoms with Crippen LogP contribution in [0, 0.1) is 0 Å². The molecular weight excluding hydrogens is 218 g/mol. The molecule has 0 radical (unpaired) electrons. The quantitative estimate of drug-likeness (QED) is 0.484. The molecule has 0 amide bonds. The Labute approximate surface area is 115 Å². The second-order valence-corrected chi connectivity index (χ2v) is 6.16. The summed E-state index contributed by atoms with van der Waals surface area (Å²) in [6.07, 6.45) is 18.6. The topological polar surface area (TPSA) is 12.0 Å². The Morgan fingerprint density at radius 3 is 1.83 bits per heavy atom. The highest BCUT2D eigenvalue weighted by atomic mass is 15.0. The molecule has 0 aromatic carbocycles. The van der Waals surface area contributed by atoms with E-state index in [-0.39, 0.29) is 0 Å². The summed E-state index contributed by atoms with van der Waals surface area (Å²) < 4.78 is 0. The molecule has 0 aromatic heterocycles. The lowest BCUT2D eigenvalue weighted by Crippen LogP contribution is -2.28. The predicted molar refractivity (Wildman–Crippen MR) is 82.1 cm³/mol. The van der Waals surface area contributed by atoms with Crippen LogP contribution in [-0.4, -0.2) is 12.1 Å². The number of hydrogen-bond donors (Lipinski definition) is 1. The van der Waals surface area contributed by atoms with Crippen LogP contribution in [0.1, 0.15) is 97.3 Å². The lowest BCUT2D eigenvalue weighted by molar-refractivity contribution is 0.472. The fourth-order valence-electron chi connectivity index (χ4n) is 3.15. The third-order valence-electron chi connectivity index (χ3n) is 4.48. The third kappa shape index (κ3) is 7.41. The highest BCUT2D eigenvalue weighted by molar-refractivity contribution is 4.82. The van der Waals surface area contributed by atoms with E-state index < -0.39 is 0 Å². The van der Waals surface area contributed by atoms with E-state index in [0.717, 1.165) is 12.1 Å². The van der Waals surface area contributed by atoms with Crippen molar-refractivity contribution >= 4 is 0 Å². The molecule has 2 atom stereocenters. The Kier molecular flexibility index (Phi) is 9.65. The van der Waals surface area contributed by atoms with Crippen LogP contribution in [0.25, 0.3) is 0 Å². The van der Waals surface area contributed by atoms with Crippen LogP contribution in [0.15, 0.2) is 0 Å². The van der Waals surface area contributed by atoms with Gasteiger partial charge in [0.25, 0.3) is 0 Å². The van der Waals surface area contributed by atoms with Gasteiger partial charge < -0.3 is 5.32 Å². The standard InChI is InChI=1S/C17H35N/c1-3-5-6-7-8-9-10-11-12-13-17-15-14-16(4-2)18-17/h16-18H,3-15H2,1-2H3. The van der Waals surface area contributed by atoms with E-state index in [9.17, 15) is 0 Å². The molecule has 1 saturated heterocycles. The summed E-state index contributed by atoms with van der Waals surface area (Å²) in [6.45, 7) is 4.60. The number of unbranched alkanes of at least 4 members (excludes halogenated alkanes) is 8. The van der Waals surface area contributed by atoms with E-state index in [2.05, 4.69) is 19.2 Å². The normalized spacial score (nSPS) is 23.7. The van der Waals surface area contributed by atoms with Crippen molar-refractivity contribution < 1.29 is 0 Å². The maximum atomic E-state index is 3.77. The molecular formula is C17H35N. The Morgan fingerprint density at radius 2 is 1.28 bits per heavy atom. The van der Waals surface area contributed by atoms with Gasteiger partial charge in [-0.3, -0.25) is 0 Å². The van der Waals surface area contributed by atoms with Crippen molar-refractivity contribution in [2.45, 2.75) is 109 Å². The van der Waals surface area contributed by atoms with Crippen molar-refractivity contribution in [2.75, 3.05) is 0 Å². The smallest absolute Gasteiger partial charge is 0.00702 e. The minimum absolute atomic E-state index is 0.827. The highest BCUT2D eigenvalue weighted by Crippen LogP contribution is 2.19. The second-order valence-electron chi connectivity index (χ2n) is 6.16. The first-order chi connectivity index (χ1) is 8.86. The van der Waals surface area contributed by atoms with Crippen molar-refractivity contribution in [1.82, 2.24) is 5.32 Å². The van der Waals surface area contributed by atoms with Crippen LogP contribution >= 0.6 is 0 Å². The van der Waals surface area contributed by atoms with E-state index >= 15 is 0 Å². The molecule has 0 aliphatic carbocycles.